The molecular formula is C18H22N6O. The van der Waals surface area contributed by atoms with Gasteiger partial charge in [0.15, 0.2) is 11.6 Å². The van der Waals surface area contributed by atoms with Gasteiger partial charge < -0.3 is 14.8 Å². The van der Waals surface area contributed by atoms with Crippen molar-refractivity contribution in [3.8, 4) is 0 Å². The van der Waals surface area contributed by atoms with Crippen LogP contribution < -0.4 is 15.8 Å². The van der Waals surface area contributed by atoms with Crippen molar-refractivity contribution >= 4 is 11.6 Å². The summed E-state index contributed by atoms with van der Waals surface area (Å²) in [5, 5.41) is 12.0. The molecule has 2 aromatic heterocycles. The summed E-state index contributed by atoms with van der Waals surface area (Å²) in [6.07, 6.45) is 9.10. The van der Waals surface area contributed by atoms with Crippen molar-refractivity contribution in [1.82, 2.24) is 19.7 Å². The lowest BCUT2D eigenvalue weighted by Crippen LogP contribution is -2.50. The Balaban J connectivity index is 1.18. The Morgan fingerprint density at radius 2 is 2.08 bits per heavy atom. The van der Waals surface area contributed by atoms with Crippen LogP contribution in [0.3, 0.4) is 0 Å². The first-order valence-electron chi connectivity index (χ1n) is 9.19. The molecule has 7 heteroatoms. The van der Waals surface area contributed by atoms with Crippen LogP contribution in [0.5, 0.6) is 0 Å². The average molecular weight is 338 g/mol. The van der Waals surface area contributed by atoms with Gasteiger partial charge in [0.2, 0.25) is 0 Å². The fourth-order valence-corrected chi connectivity index (χ4v) is 3.79. The Morgan fingerprint density at radius 3 is 2.92 bits per heavy atom. The molecule has 0 aromatic carbocycles. The van der Waals surface area contributed by atoms with Crippen LogP contribution in [0, 0.1) is 5.92 Å². The van der Waals surface area contributed by atoms with Gasteiger partial charge in [-0.25, -0.2) is 4.98 Å². The van der Waals surface area contributed by atoms with E-state index in [0.717, 1.165) is 51.1 Å². The van der Waals surface area contributed by atoms with E-state index in [-0.39, 0.29) is 5.56 Å². The number of fused-ring (bicyclic) bond motifs is 1. The second-order valence-corrected chi connectivity index (χ2v) is 7.40. The summed E-state index contributed by atoms with van der Waals surface area (Å²) in [5.41, 5.74) is 2.54. The minimum atomic E-state index is 0.00525. The highest BCUT2D eigenvalue weighted by atomic mass is 16.1. The molecule has 0 spiro atoms. The first kappa shape index (κ1) is 14.9. The summed E-state index contributed by atoms with van der Waals surface area (Å²) < 4.78 is 1.81. The number of rotatable bonds is 5. The van der Waals surface area contributed by atoms with Crippen LogP contribution >= 0.6 is 0 Å². The average Bonchev–Trinajstić information content (AvgIpc) is 3.32. The largest absolute Gasteiger partial charge is 0.365 e. The van der Waals surface area contributed by atoms with E-state index in [4.69, 9.17) is 0 Å². The summed E-state index contributed by atoms with van der Waals surface area (Å²) in [6, 6.07) is 2.58. The molecule has 2 fully saturated rings. The molecule has 0 unspecified atom stereocenters. The van der Waals surface area contributed by atoms with Crippen LogP contribution in [0.2, 0.25) is 0 Å². The lowest BCUT2D eigenvalue weighted by atomic mass is 10.00. The fraction of sp³-hybridized carbons (Fsp3) is 0.556. The number of nitrogens with zero attached hydrogens (tertiary/aromatic N) is 5. The second kappa shape index (κ2) is 5.82. The Hall–Kier alpha value is -2.44. The molecule has 2 aromatic rings. The van der Waals surface area contributed by atoms with Crippen LogP contribution in [0.15, 0.2) is 23.3 Å². The van der Waals surface area contributed by atoms with E-state index < -0.39 is 0 Å². The third-order valence-corrected chi connectivity index (χ3v) is 5.45. The molecule has 1 saturated heterocycles. The van der Waals surface area contributed by atoms with Crippen molar-refractivity contribution in [3.63, 3.8) is 0 Å². The maximum atomic E-state index is 12.4. The topological polar surface area (TPSA) is 75.9 Å². The zero-order valence-corrected chi connectivity index (χ0v) is 14.2. The van der Waals surface area contributed by atoms with Gasteiger partial charge in [-0.1, -0.05) is 0 Å². The molecule has 0 radical (unpaired) electrons. The van der Waals surface area contributed by atoms with Gasteiger partial charge in [-0.15, -0.1) is 5.10 Å². The number of aromatic nitrogens is 4. The van der Waals surface area contributed by atoms with Gasteiger partial charge in [0.25, 0.3) is 5.56 Å². The molecule has 3 aliphatic rings. The summed E-state index contributed by atoms with van der Waals surface area (Å²) in [7, 11) is 0. The molecule has 1 aliphatic heterocycles. The monoisotopic (exact) mass is 338 g/mol. The Labute approximate surface area is 146 Å². The summed E-state index contributed by atoms with van der Waals surface area (Å²) >= 11 is 0. The molecule has 2 aliphatic carbocycles. The van der Waals surface area contributed by atoms with Crippen LogP contribution in [0.1, 0.15) is 36.6 Å². The van der Waals surface area contributed by atoms with Gasteiger partial charge in [0.1, 0.15) is 0 Å². The van der Waals surface area contributed by atoms with Gasteiger partial charge in [0, 0.05) is 44.0 Å². The molecule has 7 nitrogen and oxygen atoms in total. The van der Waals surface area contributed by atoms with Crippen LogP contribution in [-0.4, -0.2) is 39.4 Å². The van der Waals surface area contributed by atoms with Gasteiger partial charge in [-0.05, 0) is 43.7 Å². The molecular weight excluding hydrogens is 316 g/mol. The molecule has 5 rings (SSSR count). The zero-order chi connectivity index (χ0) is 16.8. The summed E-state index contributed by atoms with van der Waals surface area (Å²) in [5.74, 6) is 1.97. The first-order chi connectivity index (χ1) is 12.3. The van der Waals surface area contributed by atoms with E-state index >= 15 is 0 Å². The molecule has 0 bridgehead atoms. The molecule has 0 atom stereocenters. The van der Waals surface area contributed by atoms with Crippen molar-refractivity contribution in [2.24, 2.45) is 5.92 Å². The molecule has 25 heavy (non-hydrogen) atoms. The first-order valence-corrected chi connectivity index (χ1v) is 9.19. The standard InChI is InChI=1S/C18H22N6O/c25-18-17(19-6-7-24(18)14-4-5-14)20-9-12-10-23(11-12)16-8-13-2-1-3-15(13)21-22-16/h6-8,12,14H,1-5,9-11H2,(H,19,20). The number of nitrogens with one attached hydrogen (secondary N) is 1. The van der Waals surface area contributed by atoms with E-state index in [0.29, 0.717) is 17.8 Å². The Kier molecular flexibility index (Phi) is 3.46. The number of anilines is 2. The van der Waals surface area contributed by atoms with E-state index in [1.165, 1.54) is 17.7 Å². The van der Waals surface area contributed by atoms with Gasteiger partial charge >= 0.3 is 0 Å². The predicted octanol–water partition coefficient (Wildman–Crippen LogP) is 1.41. The molecule has 0 amide bonds. The third-order valence-electron chi connectivity index (χ3n) is 5.45. The fourth-order valence-electron chi connectivity index (χ4n) is 3.79. The number of hydrogen-bond donors (Lipinski definition) is 1. The smallest absolute Gasteiger partial charge is 0.293 e. The van der Waals surface area contributed by atoms with E-state index in [9.17, 15) is 4.79 Å². The lowest BCUT2D eigenvalue weighted by Gasteiger charge is -2.40. The molecule has 1 N–H and O–H groups in total. The summed E-state index contributed by atoms with van der Waals surface area (Å²) in [6.45, 7) is 2.67. The van der Waals surface area contributed by atoms with Crippen molar-refractivity contribution < 1.29 is 0 Å². The van der Waals surface area contributed by atoms with Crippen molar-refractivity contribution in [1.29, 1.82) is 0 Å². The zero-order valence-electron chi connectivity index (χ0n) is 14.2. The molecule has 3 heterocycles. The third kappa shape index (κ3) is 2.77. The van der Waals surface area contributed by atoms with Crippen molar-refractivity contribution in [2.75, 3.05) is 29.9 Å². The van der Waals surface area contributed by atoms with E-state index in [1.54, 1.807) is 12.4 Å². The highest BCUT2D eigenvalue weighted by Gasteiger charge is 2.30. The lowest BCUT2D eigenvalue weighted by molar-refractivity contribution is 0.424. The normalized spacial score (nSPS) is 19.6. The highest BCUT2D eigenvalue weighted by molar-refractivity contribution is 5.45. The van der Waals surface area contributed by atoms with Crippen molar-refractivity contribution in [3.05, 3.63) is 40.1 Å². The van der Waals surface area contributed by atoms with Gasteiger partial charge in [-0.2, -0.15) is 5.10 Å². The van der Waals surface area contributed by atoms with Crippen LogP contribution in [0.4, 0.5) is 11.6 Å². The maximum absolute atomic E-state index is 12.4. The predicted molar refractivity (Wildman–Crippen MR) is 95.0 cm³/mol. The Morgan fingerprint density at radius 1 is 1.20 bits per heavy atom. The number of hydrogen-bond acceptors (Lipinski definition) is 6. The van der Waals surface area contributed by atoms with Gasteiger partial charge in [-0.3, -0.25) is 4.79 Å². The minimum Gasteiger partial charge on any atom is -0.365 e. The summed E-state index contributed by atoms with van der Waals surface area (Å²) in [4.78, 5) is 18.9. The van der Waals surface area contributed by atoms with Crippen LogP contribution in [-0.2, 0) is 12.8 Å². The second-order valence-electron chi connectivity index (χ2n) is 7.40. The SMILES string of the molecule is O=c1c(NCC2CN(c3cc4c(nn3)CCC4)C2)nccn1C1CC1. The van der Waals surface area contributed by atoms with Crippen LogP contribution in [0.25, 0.3) is 0 Å². The van der Waals surface area contributed by atoms with Gasteiger partial charge in [0.05, 0.1) is 5.69 Å². The van der Waals surface area contributed by atoms with Crippen molar-refractivity contribution in [2.45, 2.75) is 38.1 Å². The Bertz CT molecular complexity index is 853. The molecule has 1 saturated carbocycles. The number of aryl methyl sites for hydroxylation is 2. The molecule has 130 valence electrons. The van der Waals surface area contributed by atoms with E-state index in [1.807, 2.05) is 4.57 Å². The quantitative estimate of drug-likeness (QED) is 0.888. The minimum absolute atomic E-state index is 0.00525. The maximum Gasteiger partial charge on any atom is 0.293 e. The highest BCUT2D eigenvalue weighted by Crippen LogP contribution is 2.33. The van der Waals surface area contributed by atoms with E-state index in [2.05, 4.69) is 31.5 Å².